The summed E-state index contributed by atoms with van der Waals surface area (Å²) in [6, 6.07) is 10.2. The fraction of sp³-hybridized carbons (Fsp3) is 0.579. The van der Waals surface area contributed by atoms with Crippen LogP contribution in [0.15, 0.2) is 30.3 Å². The van der Waals surface area contributed by atoms with Gasteiger partial charge < -0.3 is 10.2 Å². The van der Waals surface area contributed by atoms with Crippen LogP contribution >= 0.6 is 0 Å². The molecule has 0 spiro atoms. The standard InChI is InChI=1S/C19H27N3O2/c23-18(14-16-6-2-1-3-7-16)20-10-9-19(24)22-13-5-12-21-11-4-8-17(21)15-22/h1-3,6-7,17H,4-5,8-15H2,(H,20,23)/t17-/m1/s1. The molecule has 1 aromatic carbocycles. The first kappa shape index (κ1) is 17.0. The van der Waals surface area contributed by atoms with Gasteiger partial charge in [0.05, 0.1) is 6.42 Å². The molecule has 1 atom stereocenters. The molecular weight excluding hydrogens is 302 g/mol. The minimum atomic E-state index is -0.0214. The van der Waals surface area contributed by atoms with Gasteiger partial charge in [0, 0.05) is 38.6 Å². The summed E-state index contributed by atoms with van der Waals surface area (Å²) in [6.07, 6.45) is 4.28. The molecule has 2 heterocycles. The summed E-state index contributed by atoms with van der Waals surface area (Å²) in [7, 11) is 0. The van der Waals surface area contributed by atoms with E-state index in [-0.39, 0.29) is 11.8 Å². The van der Waals surface area contributed by atoms with Crippen molar-refractivity contribution >= 4 is 11.8 Å². The zero-order valence-corrected chi connectivity index (χ0v) is 14.2. The molecule has 0 aliphatic carbocycles. The Kier molecular flexibility index (Phi) is 5.86. The van der Waals surface area contributed by atoms with Gasteiger partial charge in [0.25, 0.3) is 0 Å². The van der Waals surface area contributed by atoms with Gasteiger partial charge in [0.2, 0.25) is 11.8 Å². The number of rotatable bonds is 5. The van der Waals surface area contributed by atoms with Crippen molar-refractivity contribution in [1.82, 2.24) is 15.1 Å². The molecule has 0 saturated carbocycles. The molecule has 5 heteroatoms. The quantitative estimate of drug-likeness (QED) is 0.889. The molecule has 2 aliphatic rings. The fourth-order valence-electron chi connectivity index (χ4n) is 3.74. The van der Waals surface area contributed by atoms with E-state index in [4.69, 9.17) is 0 Å². The zero-order valence-electron chi connectivity index (χ0n) is 14.2. The topological polar surface area (TPSA) is 52.7 Å². The number of carbonyl (C=O) groups is 2. The number of carbonyl (C=O) groups excluding carboxylic acids is 2. The lowest BCUT2D eigenvalue weighted by atomic mass is 10.1. The molecule has 2 aliphatic heterocycles. The van der Waals surface area contributed by atoms with Gasteiger partial charge in [-0.2, -0.15) is 0 Å². The second-order valence-electron chi connectivity index (χ2n) is 6.79. The molecule has 1 aromatic rings. The van der Waals surface area contributed by atoms with Crippen LogP contribution in [-0.2, 0) is 16.0 Å². The molecule has 0 unspecified atom stereocenters. The van der Waals surface area contributed by atoms with Crippen molar-refractivity contribution in [3.8, 4) is 0 Å². The van der Waals surface area contributed by atoms with Crippen LogP contribution in [0, 0.1) is 0 Å². The second-order valence-corrected chi connectivity index (χ2v) is 6.79. The number of nitrogens with one attached hydrogen (secondary N) is 1. The SMILES string of the molecule is O=C(Cc1ccccc1)NCCC(=O)N1CCCN2CCC[C@@H]2C1. The summed E-state index contributed by atoms with van der Waals surface area (Å²) in [5.74, 6) is 0.149. The summed E-state index contributed by atoms with van der Waals surface area (Å²) < 4.78 is 0. The van der Waals surface area contributed by atoms with E-state index >= 15 is 0 Å². The first-order valence-corrected chi connectivity index (χ1v) is 9.05. The average Bonchev–Trinajstić information content (AvgIpc) is 2.92. The molecule has 5 nitrogen and oxygen atoms in total. The molecule has 0 radical (unpaired) electrons. The highest BCUT2D eigenvalue weighted by molar-refractivity contribution is 5.80. The highest BCUT2D eigenvalue weighted by atomic mass is 16.2. The molecule has 2 fully saturated rings. The van der Waals surface area contributed by atoms with E-state index in [2.05, 4.69) is 10.2 Å². The maximum atomic E-state index is 12.4. The fourth-order valence-corrected chi connectivity index (χ4v) is 3.74. The van der Waals surface area contributed by atoms with Crippen molar-refractivity contribution in [2.45, 2.75) is 38.1 Å². The molecule has 2 amide bonds. The van der Waals surface area contributed by atoms with Crippen LogP contribution in [0.5, 0.6) is 0 Å². The van der Waals surface area contributed by atoms with Gasteiger partial charge in [-0.25, -0.2) is 0 Å². The predicted octanol–water partition coefficient (Wildman–Crippen LogP) is 1.43. The monoisotopic (exact) mass is 329 g/mol. The Morgan fingerprint density at radius 2 is 1.88 bits per heavy atom. The number of nitrogens with zero attached hydrogens (tertiary/aromatic N) is 2. The first-order chi connectivity index (χ1) is 11.7. The van der Waals surface area contributed by atoms with Crippen LogP contribution < -0.4 is 5.32 Å². The van der Waals surface area contributed by atoms with Crippen molar-refractivity contribution in [3.63, 3.8) is 0 Å². The summed E-state index contributed by atoms with van der Waals surface area (Å²) in [5.41, 5.74) is 0.996. The number of hydrogen-bond acceptors (Lipinski definition) is 3. The van der Waals surface area contributed by atoms with E-state index in [9.17, 15) is 9.59 Å². The van der Waals surface area contributed by atoms with E-state index < -0.39 is 0 Å². The van der Waals surface area contributed by atoms with Gasteiger partial charge in [-0.3, -0.25) is 14.5 Å². The molecule has 0 aromatic heterocycles. The predicted molar refractivity (Wildman–Crippen MR) is 93.6 cm³/mol. The minimum Gasteiger partial charge on any atom is -0.355 e. The summed E-state index contributed by atoms with van der Waals surface area (Å²) in [5, 5.41) is 2.87. The number of benzene rings is 1. The van der Waals surface area contributed by atoms with Gasteiger partial charge in [-0.1, -0.05) is 30.3 Å². The lowest BCUT2D eigenvalue weighted by molar-refractivity contribution is -0.131. The highest BCUT2D eigenvalue weighted by Gasteiger charge is 2.30. The largest absolute Gasteiger partial charge is 0.355 e. The van der Waals surface area contributed by atoms with Gasteiger partial charge in [0.15, 0.2) is 0 Å². The van der Waals surface area contributed by atoms with Crippen LogP contribution in [0.1, 0.15) is 31.2 Å². The number of hydrogen-bond donors (Lipinski definition) is 1. The lowest BCUT2D eigenvalue weighted by Crippen LogP contribution is -2.40. The summed E-state index contributed by atoms with van der Waals surface area (Å²) in [6.45, 7) is 4.43. The van der Waals surface area contributed by atoms with Gasteiger partial charge >= 0.3 is 0 Å². The normalized spacial score (nSPS) is 21.2. The summed E-state index contributed by atoms with van der Waals surface area (Å²) in [4.78, 5) is 28.9. The van der Waals surface area contributed by atoms with Crippen molar-refractivity contribution in [2.24, 2.45) is 0 Å². The molecule has 3 rings (SSSR count). The van der Waals surface area contributed by atoms with Crippen molar-refractivity contribution in [1.29, 1.82) is 0 Å². The van der Waals surface area contributed by atoms with Crippen molar-refractivity contribution < 1.29 is 9.59 Å². The van der Waals surface area contributed by atoms with Crippen LogP contribution in [-0.4, -0.2) is 60.4 Å². The Morgan fingerprint density at radius 1 is 1.08 bits per heavy atom. The van der Waals surface area contributed by atoms with E-state index in [1.807, 2.05) is 35.2 Å². The van der Waals surface area contributed by atoms with E-state index in [0.717, 1.165) is 31.6 Å². The Morgan fingerprint density at radius 3 is 2.71 bits per heavy atom. The van der Waals surface area contributed by atoms with Crippen LogP contribution in [0.25, 0.3) is 0 Å². The van der Waals surface area contributed by atoms with Crippen LogP contribution in [0.4, 0.5) is 0 Å². The Bertz CT molecular complexity index is 561. The third-order valence-corrected chi connectivity index (χ3v) is 5.02. The van der Waals surface area contributed by atoms with Crippen molar-refractivity contribution in [2.75, 3.05) is 32.7 Å². The molecule has 130 valence electrons. The average molecular weight is 329 g/mol. The Labute approximate surface area is 144 Å². The molecule has 2 saturated heterocycles. The van der Waals surface area contributed by atoms with E-state index in [1.54, 1.807) is 0 Å². The molecule has 1 N–H and O–H groups in total. The van der Waals surface area contributed by atoms with Crippen LogP contribution in [0.3, 0.4) is 0 Å². The maximum absolute atomic E-state index is 12.4. The lowest BCUT2D eigenvalue weighted by Gasteiger charge is -2.25. The smallest absolute Gasteiger partial charge is 0.224 e. The van der Waals surface area contributed by atoms with Gasteiger partial charge in [-0.05, 0) is 31.4 Å². The minimum absolute atomic E-state index is 0.0214. The Balaban J connectivity index is 1.39. The maximum Gasteiger partial charge on any atom is 0.224 e. The molecule has 0 bridgehead atoms. The number of fused-ring (bicyclic) bond motifs is 1. The second kappa shape index (κ2) is 8.29. The Hall–Kier alpha value is -1.88. The van der Waals surface area contributed by atoms with Crippen LogP contribution in [0.2, 0.25) is 0 Å². The third-order valence-electron chi connectivity index (χ3n) is 5.02. The van der Waals surface area contributed by atoms with Gasteiger partial charge in [0.1, 0.15) is 0 Å². The first-order valence-electron chi connectivity index (χ1n) is 9.05. The zero-order chi connectivity index (χ0) is 16.8. The van der Waals surface area contributed by atoms with Crippen molar-refractivity contribution in [3.05, 3.63) is 35.9 Å². The van der Waals surface area contributed by atoms with E-state index in [1.165, 1.54) is 19.4 Å². The molecule has 24 heavy (non-hydrogen) atoms. The molecular formula is C19H27N3O2. The van der Waals surface area contributed by atoms with E-state index in [0.29, 0.717) is 25.4 Å². The van der Waals surface area contributed by atoms with Gasteiger partial charge in [-0.15, -0.1) is 0 Å². The summed E-state index contributed by atoms with van der Waals surface area (Å²) >= 11 is 0. The highest BCUT2D eigenvalue weighted by Crippen LogP contribution is 2.21. The number of amides is 2. The third kappa shape index (κ3) is 4.57.